The van der Waals surface area contributed by atoms with Crippen molar-refractivity contribution < 1.29 is 18.9 Å². The monoisotopic (exact) mass is 325 g/mol. The van der Waals surface area contributed by atoms with Crippen molar-refractivity contribution >= 4 is 22.5 Å². The molecule has 1 aromatic carbocycles. The Balaban J connectivity index is 2.04. The van der Waals surface area contributed by atoms with Gasteiger partial charge >= 0.3 is 0 Å². The quantitative estimate of drug-likeness (QED) is 0.523. The van der Waals surface area contributed by atoms with Crippen molar-refractivity contribution in [3.05, 3.63) is 35.5 Å². The van der Waals surface area contributed by atoms with Crippen LogP contribution in [-0.2, 0) is 14.2 Å². The molecule has 0 N–H and O–H groups in total. The van der Waals surface area contributed by atoms with E-state index in [0.29, 0.717) is 30.6 Å². The second-order valence-corrected chi connectivity index (χ2v) is 4.91. The molecule has 1 aromatic heterocycles. The number of benzene rings is 1. The van der Waals surface area contributed by atoms with Gasteiger partial charge in [0.1, 0.15) is 17.9 Å². The number of nitrogens with zero attached hydrogens (tertiary/aromatic N) is 1. The van der Waals surface area contributed by atoms with Gasteiger partial charge in [-0.25, -0.2) is 0 Å². The fourth-order valence-electron chi connectivity index (χ4n) is 1.98. The Morgan fingerprint density at radius 2 is 2.05 bits per heavy atom. The summed E-state index contributed by atoms with van der Waals surface area (Å²) in [4.78, 5) is 4.33. The van der Waals surface area contributed by atoms with Crippen LogP contribution in [0.2, 0.25) is 5.02 Å². The maximum absolute atomic E-state index is 6.17. The van der Waals surface area contributed by atoms with E-state index in [9.17, 15) is 0 Å². The lowest BCUT2D eigenvalue weighted by molar-refractivity contribution is -0.161. The van der Waals surface area contributed by atoms with Crippen molar-refractivity contribution in [2.45, 2.75) is 13.2 Å². The van der Waals surface area contributed by atoms with Crippen molar-refractivity contribution in [3.8, 4) is 5.75 Å². The Hall–Kier alpha value is -1.40. The Morgan fingerprint density at radius 1 is 1.18 bits per heavy atom. The lowest BCUT2D eigenvalue weighted by Gasteiger charge is -2.18. The third kappa shape index (κ3) is 4.55. The van der Waals surface area contributed by atoms with E-state index in [-0.39, 0.29) is 6.61 Å². The predicted octanol–water partition coefficient (Wildman–Crippen LogP) is 3.29. The first-order chi connectivity index (χ1) is 10.8. The molecule has 6 heteroatoms. The number of hydrogen-bond acceptors (Lipinski definition) is 5. The Labute approximate surface area is 135 Å². The lowest BCUT2D eigenvalue weighted by atomic mass is 10.2. The molecule has 2 rings (SSSR count). The number of methoxy groups -OCH3 is 1. The molecule has 2 aromatic rings. The van der Waals surface area contributed by atoms with Crippen molar-refractivity contribution in [1.82, 2.24) is 4.98 Å². The molecule has 0 radical (unpaired) electrons. The van der Waals surface area contributed by atoms with Crippen LogP contribution in [0.4, 0.5) is 0 Å². The molecule has 0 aliphatic heterocycles. The third-order valence-corrected chi connectivity index (χ3v) is 3.33. The van der Waals surface area contributed by atoms with Crippen LogP contribution in [0.15, 0.2) is 30.5 Å². The molecular weight excluding hydrogens is 306 g/mol. The van der Waals surface area contributed by atoms with E-state index in [1.807, 2.05) is 19.1 Å². The van der Waals surface area contributed by atoms with Crippen molar-refractivity contribution in [1.29, 1.82) is 0 Å². The molecule has 22 heavy (non-hydrogen) atoms. The van der Waals surface area contributed by atoms with Gasteiger partial charge in [0.15, 0.2) is 6.29 Å². The first kappa shape index (κ1) is 17.0. The van der Waals surface area contributed by atoms with Gasteiger partial charge < -0.3 is 18.9 Å². The van der Waals surface area contributed by atoms with E-state index >= 15 is 0 Å². The molecule has 120 valence electrons. The van der Waals surface area contributed by atoms with Gasteiger partial charge in [-0.15, -0.1) is 0 Å². The first-order valence-corrected chi connectivity index (χ1v) is 7.52. The minimum absolute atomic E-state index is 0.269. The van der Waals surface area contributed by atoms with Gasteiger partial charge in [-0.05, 0) is 31.2 Å². The summed E-state index contributed by atoms with van der Waals surface area (Å²) >= 11 is 6.17. The van der Waals surface area contributed by atoms with Gasteiger partial charge in [-0.1, -0.05) is 11.6 Å². The van der Waals surface area contributed by atoms with E-state index in [1.165, 1.54) is 0 Å². The zero-order valence-electron chi connectivity index (χ0n) is 12.8. The molecule has 0 fully saturated rings. The number of pyridine rings is 1. The SMILES string of the molecule is CCOC(COc1ccc(Cl)c2cccnc12)OCCOC. The van der Waals surface area contributed by atoms with Gasteiger partial charge in [-0.3, -0.25) is 4.98 Å². The first-order valence-electron chi connectivity index (χ1n) is 7.14. The number of ether oxygens (including phenoxy) is 4. The van der Waals surface area contributed by atoms with E-state index in [1.54, 1.807) is 25.4 Å². The number of rotatable bonds is 9. The van der Waals surface area contributed by atoms with Gasteiger partial charge in [0, 0.05) is 25.3 Å². The molecule has 1 heterocycles. The van der Waals surface area contributed by atoms with Gasteiger partial charge in [-0.2, -0.15) is 0 Å². The van der Waals surface area contributed by atoms with E-state index in [4.69, 9.17) is 30.5 Å². The minimum Gasteiger partial charge on any atom is -0.486 e. The predicted molar refractivity (Wildman–Crippen MR) is 85.5 cm³/mol. The van der Waals surface area contributed by atoms with E-state index in [0.717, 1.165) is 10.9 Å². The van der Waals surface area contributed by atoms with Gasteiger partial charge in [0.05, 0.1) is 18.2 Å². The maximum atomic E-state index is 6.17. The maximum Gasteiger partial charge on any atom is 0.191 e. The summed E-state index contributed by atoms with van der Waals surface area (Å²) in [6.45, 7) is 3.68. The largest absolute Gasteiger partial charge is 0.486 e. The highest BCUT2D eigenvalue weighted by Crippen LogP contribution is 2.29. The fraction of sp³-hybridized carbons (Fsp3) is 0.438. The highest BCUT2D eigenvalue weighted by molar-refractivity contribution is 6.35. The van der Waals surface area contributed by atoms with E-state index in [2.05, 4.69) is 4.98 Å². The highest BCUT2D eigenvalue weighted by Gasteiger charge is 2.12. The van der Waals surface area contributed by atoms with Crippen LogP contribution in [0.5, 0.6) is 5.75 Å². The van der Waals surface area contributed by atoms with Crippen molar-refractivity contribution in [2.24, 2.45) is 0 Å². The Kier molecular flexibility index (Phi) is 6.86. The lowest BCUT2D eigenvalue weighted by Crippen LogP contribution is -2.26. The molecular formula is C16H20ClNO4. The third-order valence-electron chi connectivity index (χ3n) is 3.00. The Bertz CT molecular complexity index is 593. The molecule has 0 aliphatic rings. The summed E-state index contributed by atoms with van der Waals surface area (Å²) in [6, 6.07) is 7.35. The molecule has 0 aliphatic carbocycles. The Morgan fingerprint density at radius 3 is 2.82 bits per heavy atom. The molecule has 0 amide bonds. The zero-order valence-corrected chi connectivity index (χ0v) is 13.5. The van der Waals surface area contributed by atoms with Crippen LogP contribution in [-0.4, -0.2) is 44.8 Å². The second-order valence-electron chi connectivity index (χ2n) is 4.50. The smallest absolute Gasteiger partial charge is 0.191 e. The van der Waals surface area contributed by atoms with Crippen LogP contribution in [0, 0.1) is 0 Å². The average molecular weight is 326 g/mol. The molecule has 1 unspecified atom stereocenters. The normalized spacial score (nSPS) is 12.5. The summed E-state index contributed by atoms with van der Waals surface area (Å²) in [5, 5.41) is 1.50. The van der Waals surface area contributed by atoms with Gasteiger partial charge in [0.25, 0.3) is 0 Å². The standard InChI is InChI=1S/C16H20ClNO4/c1-3-20-15(21-10-9-19-2)11-22-14-7-6-13(17)12-5-4-8-18-16(12)14/h4-8,15H,3,9-11H2,1-2H3. The van der Waals surface area contributed by atoms with Crippen LogP contribution < -0.4 is 4.74 Å². The topological polar surface area (TPSA) is 49.8 Å². The molecule has 1 atom stereocenters. The van der Waals surface area contributed by atoms with Crippen molar-refractivity contribution in [3.63, 3.8) is 0 Å². The summed E-state index contributed by atoms with van der Waals surface area (Å²) in [5.74, 6) is 0.653. The average Bonchev–Trinajstić information content (AvgIpc) is 2.54. The second kappa shape index (κ2) is 8.90. The minimum atomic E-state index is -0.449. The summed E-state index contributed by atoms with van der Waals surface area (Å²) in [5.41, 5.74) is 0.724. The van der Waals surface area contributed by atoms with Crippen LogP contribution in [0.3, 0.4) is 0 Å². The zero-order chi connectivity index (χ0) is 15.8. The molecule has 5 nitrogen and oxygen atoms in total. The molecule has 0 saturated carbocycles. The van der Waals surface area contributed by atoms with Crippen LogP contribution >= 0.6 is 11.6 Å². The van der Waals surface area contributed by atoms with E-state index < -0.39 is 6.29 Å². The fourth-order valence-corrected chi connectivity index (χ4v) is 2.19. The van der Waals surface area contributed by atoms with Gasteiger partial charge in [0.2, 0.25) is 0 Å². The summed E-state index contributed by atoms with van der Waals surface area (Å²) in [6.07, 6.45) is 1.26. The number of fused-ring (bicyclic) bond motifs is 1. The number of halogens is 1. The molecule has 0 spiro atoms. The van der Waals surface area contributed by atoms with Crippen LogP contribution in [0.25, 0.3) is 10.9 Å². The van der Waals surface area contributed by atoms with Crippen LogP contribution in [0.1, 0.15) is 6.92 Å². The number of hydrogen-bond donors (Lipinski definition) is 0. The summed E-state index contributed by atoms with van der Waals surface area (Å²) < 4.78 is 21.8. The highest BCUT2D eigenvalue weighted by atomic mass is 35.5. The number of aromatic nitrogens is 1. The molecule has 0 bridgehead atoms. The molecule has 0 saturated heterocycles. The van der Waals surface area contributed by atoms with Crippen molar-refractivity contribution in [2.75, 3.05) is 33.5 Å². The summed E-state index contributed by atoms with van der Waals surface area (Å²) in [7, 11) is 1.63.